The van der Waals surface area contributed by atoms with Gasteiger partial charge in [-0.3, -0.25) is 19.0 Å². The van der Waals surface area contributed by atoms with Crippen LogP contribution in [0.5, 0.6) is 0 Å². The van der Waals surface area contributed by atoms with Gasteiger partial charge in [-0.1, -0.05) is 6.07 Å². The summed E-state index contributed by atoms with van der Waals surface area (Å²) in [6, 6.07) is 4.92. The number of alkyl halides is 3. The lowest BCUT2D eigenvalue weighted by Crippen LogP contribution is -2.55. The van der Waals surface area contributed by atoms with Gasteiger partial charge in [-0.25, -0.2) is 0 Å². The molecule has 0 spiro atoms. The first kappa shape index (κ1) is 19.3. The molecule has 2 bridgehead atoms. The second-order valence-electron chi connectivity index (χ2n) is 7.35. The monoisotopic (exact) mass is 409 g/mol. The molecule has 7 nitrogen and oxygen atoms in total. The van der Waals surface area contributed by atoms with Gasteiger partial charge in [-0.2, -0.15) is 13.2 Å². The Balaban J connectivity index is 1.68. The summed E-state index contributed by atoms with van der Waals surface area (Å²) >= 11 is 0. The number of hydrogen-bond donors (Lipinski definition) is 1. The molecule has 0 aromatic carbocycles. The molecule has 1 saturated heterocycles. The van der Waals surface area contributed by atoms with E-state index in [2.05, 4.69) is 0 Å². The van der Waals surface area contributed by atoms with Crippen molar-refractivity contribution in [1.82, 2.24) is 14.8 Å². The van der Waals surface area contributed by atoms with Gasteiger partial charge in [0.05, 0.1) is 11.8 Å². The summed E-state index contributed by atoms with van der Waals surface area (Å²) in [6.07, 6.45) is -1.37. The van der Waals surface area contributed by atoms with Gasteiger partial charge in [-0.15, -0.1) is 0 Å². The zero-order valence-electron chi connectivity index (χ0n) is 15.2. The first-order chi connectivity index (χ1) is 13.7. The Morgan fingerprint density at radius 3 is 2.69 bits per heavy atom. The number of nitrogens with one attached hydrogen (secondary N) is 1. The number of fused-ring (bicyclic) bond motifs is 4. The van der Waals surface area contributed by atoms with E-state index >= 15 is 0 Å². The molecular weight excluding hydrogens is 391 g/mol. The molecule has 3 atom stereocenters. The number of halogens is 3. The molecule has 2 aromatic heterocycles. The minimum Gasteiger partial charge on any atom is -0.472 e. The predicted molar refractivity (Wildman–Crippen MR) is 94.3 cm³/mol. The van der Waals surface area contributed by atoms with Gasteiger partial charge in [0.15, 0.2) is 0 Å². The molecule has 2 aromatic rings. The number of aromatic nitrogens is 1. The molecule has 0 radical (unpaired) electrons. The number of nitrogens with zero attached hydrogens (tertiary/aromatic N) is 2. The third-order valence-corrected chi connectivity index (χ3v) is 5.43. The summed E-state index contributed by atoms with van der Waals surface area (Å²) in [5.74, 6) is -1.83. The molecule has 2 aliphatic rings. The number of carbonyl (C=O) groups excluding carboxylic acids is 2. The highest BCUT2D eigenvalue weighted by Crippen LogP contribution is 2.41. The van der Waals surface area contributed by atoms with Gasteiger partial charge in [0.2, 0.25) is 5.91 Å². The maximum atomic E-state index is 12.8. The average Bonchev–Trinajstić information content (AvgIpc) is 3.20. The van der Waals surface area contributed by atoms with Crippen LogP contribution in [0.4, 0.5) is 13.2 Å². The van der Waals surface area contributed by atoms with Crippen LogP contribution in [0, 0.1) is 5.92 Å². The Hall–Kier alpha value is -3.04. The minimum atomic E-state index is -4.56. The summed E-state index contributed by atoms with van der Waals surface area (Å²) in [7, 11) is 0. The van der Waals surface area contributed by atoms with Crippen molar-refractivity contribution < 1.29 is 27.2 Å². The SMILES string of the molecule is O=C(NCC(F)(F)F)[C@H]1[C@H]2C[C@H](CN(C(=O)c3ccoc3)C2)c2cccc(=O)n21. The van der Waals surface area contributed by atoms with E-state index in [0.29, 0.717) is 24.2 Å². The number of rotatable bonds is 3. The fraction of sp³-hybridized carbons (Fsp3) is 0.421. The number of hydrogen-bond acceptors (Lipinski definition) is 4. The Labute approximate surface area is 163 Å². The maximum absolute atomic E-state index is 12.8. The van der Waals surface area contributed by atoms with Crippen LogP contribution in [0.25, 0.3) is 0 Å². The van der Waals surface area contributed by atoms with Gasteiger partial charge in [0.1, 0.15) is 18.8 Å². The van der Waals surface area contributed by atoms with E-state index in [1.165, 1.54) is 29.2 Å². The molecule has 4 rings (SSSR count). The Kier molecular flexibility index (Phi) is 4.71. The molecule has 0 aliphatic carbocycles. The Bertz CT molecular complexity index is 983. The largest absolute Gasteiger partial charge is 0.472 e. The number of furan rings is 1. The lowest BCUT2D eigenvalue weighted by Gasteiger charge is -2.46. The zero-order chi connectivity index (χ0) is 20.8. The molecule has 0 saturated carbocycles. The van der Waals surface area contributed by atoms with Gasteiger partial charge in [-0.05, 0) is 18.6 Å². The lowest BCUT2D eigenvalue weighted by atomic mass is 9.78. The summed E-state index contributed by atoms with van der Waals surface area (Å²) in [5, 5.41) is 1.89. The molecule has 154 valence electrons. The summed E-state index contributed by atoms with van der Waals surface area (Å²) in [6.45, 7) is -0.973. The summed E-state index contributed by atoms with van der Waals surface area (Å²) < 4.78 is 44.0. The average molecular weight is 409 g/mol. The third kappa shape index (κ3) is 3.66. The van der Waals surface area contributed by atoms with E-state index in [-0.39, 0.29) is 18.4 Å². The van der Waals surface area contributed by atoms with Crippen LogP contribution in [-0.4, -0.2) is 47.1 Å². The molecule has 2 aliphatic heterocycles. The third-order valence-electron chi connectivity index (χ3n) is 5.43. The quantitative estimate of drug-likeness (QED) is 0.840. The van der Waals surface area contributed by atoms with Crippen molar-refractivity contribution in [2.75, 3.05) is 19.6 Å². The normalized spacial score (nSPS) is 23.4. The van der Waals surface area contributed by atoms with Gasteiger partial charge < -0.3 is 14.6 Å². The molecule has 4 heterocycles. The number of piperidine rings is 1. The standard InChI is InChI=1S/C19H18F3N3O4/c20-19(21,22)10-23-17(27)16-13-6-12(14-2-1-3-15(26)25(14)16)7-24(8-13)18(28)11-4-5-29-9-11/h1-5,9,12-13,16H,6-8,10H2,(H,23,27)/t12-,13+,16-/m1/s1. The molecule has 1 fully saturated rings. The topological polar surface area (TPSA) is 84.6 Å². The van der Waals surface area contributed by atoms with E-state index in [4.69, 9.17) is 4.42 Å². The highest BCUT2D eigenvalue weighted by molar-refractivity contribution is 5.94. The van der Waals surface area contributed by atoms with Crippen LogP contribution in [0.3, 0.4) is 0 Å². The van der Waals surface area contributed by atoms with Crippen molar-refractivity contribution in [3.8, 4) is 0 Å². The van der Waals surface area contributed by atoms with E-state index in [1.54, 1.807) is 17.0 Å². The van der Waals surface area contributed by atoms with Crippen molar-refractivity contribution in [3.63, 3.8) is 0 Å². The number of carbonyl (C=O) groups is 2. The first-order valence-corrected chi connectivity index (χ1v) is 9.12. The zero-order valence-corrected chi connectivity index (χ0v) is 15.2. The maximum Gasteiger partial charge on any atom is 0.405 e. The predicted octanol–water partition coefficient (Wildman–Crippen LogP) is 1.92. The molecule has 10 heteroatoms. The van der Waals surface area contributed by atoms with Gasteiger partial charge >= 0.3 is 6.18 Å². The van der Waals surface area contributed by atoms with Gasteiger partial charge in [0.25, 0.3) is 11.5 Å². The second kappa shape index (κ2) is 7.09. The number of amides is 2. The van der Waals surface area contributed by atoms with Crippen molar-refractivity contribution in [2.45, 2.75) is 24.6 Å². The molecule has 2 amide bonds. The van der Waals surface area contributed by atoms with Crippen LogP contribution in [0.2, 0.25) is 0 Å². The van der Waals surface area contributed by atoms with E-state index in [0.717, 1.165) is 0 Å². The Morgan fingerprint density at radius 2 is 2.00 bits per heavy atom. The van der Waals surface area contributed by atoms with E-state index < -0.39 is 36.1 Å². The minimum absolute atomic E-state index is 0.158. The second-order valence-corrected chi connectivity index (χ2v) is 7.35. The molecule has 0 unspecified atom stereocenters. The van der Waals surface area contributed by atoms with Crippen molar-refractivity contribution in [2.24, 2.45) is 5.92 Å². The highest BCUT2D eigenvalue weighted by atomic mass is 19.4. The fourth-order valence-electron chi connectivity index (χ4n) is 4.30. The molecule has 29 heavy (non-hydrogen) atoms. The van der Waals surface area contributed by atoms with Crippen LogP contribution in [0.1, 0.15) is 34.4 Å². The molecule has 1 N–H and O–H groups in total. The smallest absolute Gasteiger partial charge is 0.405 e. The van der Waals surface area contributed by atoms with E-state index in [9.17, 15) is 27.6 Å². The van der Waals surface area contributed by atoms with Crippen LogP contribution >= 0.6 is 0 Å². The fourth-order valence-corrected chi connectivity index (χ4v) is 4.30. The van der Waals surface area contributed by atoms with Crippen LogP contribution < -0.4 is 10.9 Å². The van der Waals surface area contributed by atoms with Crippen molar-refractivity contribution in [3.05, 3.63) is 58.4 Å². The van der Waals surface area contributed by atoms with Gasteiger partial charge in [0, 0.05) is 36.7 Å². The van der Waals surface area contributed by atoms with Crippen molar-refractivity contribution >= 4 is 11.8 Å². The lowest BCUT2D eigenvalue weighted by molar-refractivity contribution is -0.142. The van der Waals surface area contributed by atoms with Crippen LogP contribution in [0.15, 0.2) is 46.0 Å². The number of likely N-dealkylation sites (tertiary alicyclic amines) is 1. The van der Waals surface area contributed by atoms with Crippen LogP contribution in [-0.2, 0) is 4.79 Å². The van der Waals surface area contributed by atoms with E-state index in [1.807, 2.05) is 5.32 Å². The highest BCUT2D eigenvalue weighted by Gasteiger charge is 2.45. The first-order valence-electron chi connectivity index (χ1n) is 9.12. The summed E-state index contributed by atoms with van der Waals surface area (Å²) in [4.78, 5) is 39.5. The number of pyridine rings is 1. The Morgan fingerprint density at radius 1 is 1.21 bits per heavy atom. The van der Waals surface area contributed by atoms with Crippen molar-refractivity contribution in [1.29, 1.82) is 0 Å². The molecular formula is C19H18F3N3O4. The summed E-state index contributed by atoms with van der Waals surface area (Å²) in [5.41, 5.74) is 0.457.